The van der Waals surface area contributed by atoms with E-state index in [1.807, 2.05) is 6.92 Å². The first-order chi connectivity index (χ1) is 7.68. The maximum Gasteiger partial charge on any atom is 0.277 e. The molecule has 1 saturated carbocycles. The second-order valence-corrected chi connectivity index (χ2v) is 4.30. The van der Waals surface area contributed by atoms with Gasteiger partial charge in [-0.05, 0) is 36.0 Å². The highest BCUT2D eigenvalue weighted by Crippen LogP contribution is 2.27. The van der Waals surface area contributed by atoms with Gasteiger partial charge in [0.15, 0.2) is 0 Å². The Morgan fingerprint density at radius 2 is 2.19 bits per heavy atom. The average Bonchev–Trinajstić information content (AvgIpc) is 2.86. The van der Waals surface area contributed by atoms with Gasteiger partial charge in [0.05, 0.1) is 0 Å². The molecule has 1 fully saturated rings. The maximum absolute atomic E-state index is 11.7. The van der Waals surface area contributed by atoms with Crippen LogP contribution in [0.15, 0.2) is 4.63 Å². The minimum atomic E-state index is -0.307. The van der Waals surface area contributed by atoms with Crippen molar-refractivity contribution in [1.29, 1.82) is 0 Å². The summed E-state index contributed by atoms with van der Waals surface area (Å²) in [4.78, 5) is 11.7. The lowest BCUT2D eigenvalue weighted by Gasteiger charge is -2.19. The van der Waals surface area contributed by atoms with Gasteiger partial charge in [-0.3, -0.25) is 4.79 Å². The molecule has 0 unspecified atom stereocenters. The van der Waals surface area contributed by atoms with E-state index in [2.05, 4.69) is 20.3 Å². The summed E-state index contributed by atoms with van der Waals surface area (Å²) in [5, 5.41) is 9.73. The van der Waals surface area contributed by atoms with Crippen LogP contribution in [0.4, 0.5) is 5.82 Å². The fraction of sp³-hybridized carbons (Fsp3) is 0.700. The van der Waals surface area contributed by atoms with Gasteiger partial charge in [0.2, 0.25) is 11.5 Å². The maximum atomic E-state index is 11.7. The number of anilines is 1. The summed E-state index contributed by atoms with van der Waals surface area (Å²) in [6.45, 7) is 2.01. The molecule has 1 aromatic rings. The van der Waals surface area contributed by atoms with E-state index in [9.17, 15) is 4.79 Å². The molecule has 6 nitrogen and oxygen atoms in total. The van der Waals surface area contributed by atoms with Gasteiger partial charge in [0, 0.05) is 6.04 Å². The first-order valence-corrected chi connectivity index (χ1v) is 5.57. The Morgan fingerprint density at radius 1 is 1.50 bits per heavy atom. The Hall–Kier alpha value is -1.59. The number of rotatable bonds is 3. The SMILES string of the molecule is C[C@@H](NC(=O)c1nonc1N)C1CCCC1. The fourth-order valence-electron chi connectivity index (χ4n) is 2.20. The Bertz CT molecular complexity index is 371. The van der Waals surface area contributed by atoms with Crippen molar-refractivity contribution in [2.45, 2.75) is 38.6 Å². The van der Waals surface area contributed by atoms with Crippen LogP contribution in [0.2, 0.25) is 0 Å². The minimum Gasteiger partial charge on any atom is -0.379 e. The van der Waals surface area contributed by atoms with Crippen molar-refractivity contribution in [3.63, 3.8) is 0 Å². The zero-order valence-corrected chi connectivity index (χ0v) is 9.27. The highest BCUT2D eigenvalue weighted by atomic mass is 16.6. The zero-order chi connectivity index (χ0) is 11.5. The summed E-state index contributed by atoms with van der Waals surface area (Å²) >= 11 is 0. The lowest BCUT2D eigenvalue weighted by atomic mass is 10.00. The summed E-state index contributed by atoms with van der Waals surface area (Å²) in [5.41, 5.74) is 5.52. The molecule has 0 aromatic carbocycles. The smallest absolute Gasteiger partial charge is 0.277 e. The summed E-state index contributed by atoms with van der Waals surface area (Å²) in [5.74, 6) is 0.291. The van der Waals surface area contributed by atoms with Gasteiger partial charge in [-0.2, -0.15) is 0 Å². The van der Waals surface area contributed by atoms with Crippen molar-refractivity contribution in [2.24, 2.45) is 5.92 Å². The molecule has 1 aliphatic carbocycles. The molecule has 1 aromatic heterocycles. The number of nitrogens with one attached hydrogen (secondary N) is 1. The highest BCUT2D eigenvalue weighted by molar-refractivity contribution is 5.96. The molecule has 0 saturated heterocycles. The number of nitrogens with zero attached hydrogens (tertiary/aromatic N) is 2. The standard InChI is InChI=1S/C10H16N4O2/c1-6(7-4-2-3-5-7)12-10(15)8-9(11)14-16-13-8/h6-7H,2-5H2,1H3,(H2,11,14)(H,12,15)/t6-/m1/s1. The van der Waals surface area contributed by atoms with E-state index in [-0.39, 0.29) is 23.5 Å². The molecule has 0 aliphatic heterocycles. The zero-order valence-electron chi connectivity index (χ0n) is 9.27. The lowest BCUT2D eigenvalue weighted by molar-refractivity contribution is 0.0918. The number of aromatic nitrogens is 2. The number of hydrogen-bond donors (Lipinski definition) is 2. The molecule has 0 bridgehead atoms. The third-order valence-corrected chi connectivity index (χ3v) is 3.19. The van der Waals surface area contributed by atoms with Crippen molar-refractivity contribution in [1.82, 2.24) is 15.6 Å². The van der Waals surface area contributed by atoms with Crippen LogP contribution in [0.1, 0.15) is 43.1 Å². The molecule has 2 rings (SSSR count). The van der Waals surface area contributed by atoms with E-state index in [0.29, 0.717) is 5.92 Å². The largest absolute Gasteiger partial charge is 0.379 e. The van der Waals surface area contributed by atoms with Crippen molar-refractivity contribution in [2.75, 3.05) is 5.73 Å². The minimum absolute atomic E-state index is 0.0381. The topological polar surface area (TPSA) is 94.0 Å². The van der Waals surface area contributed by atoms with E-state index >= 15 is 0 Å². The summed E-state index contributed by atoms with van der Waals surface area (Å²) in [6.07, 6.45) is 4.85. The molecule has 0 spiro atoms. The summed E-state index contributed by atoms with van der Waals surface area (Å²) in [7, 11) is 0. The van der Waals surface area contributed by atoms with Gasteiger partial charge in [-0.15, -0.1) is 0 Å². The van der Waals surface area contributed by atoms with Crippen LogP contribution in [-0.2, 0) is 0 Å². The average molecular weight is 224 g/mol. The van der Waals surface area contributed by atoms with Crippen LogP contribution < -0.4 is 11.1 Å². The van der Waals surface area contributed by atoms with Gasteiger partial charge >= 0.3 is 0 Å². The van der Waals surface area contributed by atoms with Crippen LogP contribution >= 0.6 is 0 Å². The molecule has 3 N–H and O–H groups in total. The number of hydrogen-bond acceptors (Lipinski definition) is 5. The first-order valence-electron chi connectivity index (χ1n) is 5.57. The second kappa shape index (κ2) is 4.51. The molecule has 1 heterocycles. The summed E-state index contributed by atoms with van der Waals surface area (Å²) in [6, 6.07) is 0.145. The van der Waals surface area contributed by atoms with Crippen LogP contribution in [0.5, 0.6) is 0 Å². The normalized spacial score (nSPS) is 18.6. The van der Waals surface area contributed by atoms with E-state index < -0.39 is 0 Å². The molecular weight excluding hydrogens is 208 g/mol. The van der Waals surface area contributed by atoms with Gasteiger partial charge in [0.1, 0.15) is 0 Å². The van der Waals surface area contributed by atoms with Gasteiger partial charge in [-0.25, -0.2) is 4.63 Å². The van der Waals surface area contributed by atoms with Gasteiger partial charge in [-0.1, -0.05) is 12.8 Å². The third-order valence-electron chi connectivity index (χ3n) is 3.19. The number of nitrogens with two attached hydrogens (primary N) is 1. The molecule has 1 atom stereocenters. The first kappa shape index (κ1) is 10.9. The fourth-order valence-corrected chi connectivity index (χ4v) is 2.20. The van der Waals surface area contributed by atoms with Crippen molar-refractivity contribution in [3.8, 4) is 0 Å². The Kier molecular flexibility index (Phi) is 3.07. The highest BCUT2D eigenvalue weighted by Gasteiger charge is 2.25. The number of carbonyl (C=O) groups is 1. The van der Waals surface area contributed by atoms with Crippen LogP contribution in [0, 0.1) is 5.92 Å². The number of amides is 1. The molecule has 16 heavy (non-hydrogen) atoms. The molecule has 6 heteroatoms. The Balaban J connectivity index is 1.94. The van der Waals surface area contributed by atoms with E-state index in [4.69, 9.17) is 5.73 Å². The number of nitrogen functional groups attached to an aromatic ring is 1. The lowest BCUT2D eigenvalue weighted by Crippen LogP contribution is -2.37. The second-order valence-electron chi connectivity index (χ2n) is 4.30. The summed E-state index contributed by atoms with van der Waals surface area (Å²) < 4.78 is 4.39. The molecular formula is C10H16N4O2. The van der Waals surface area contributed by atoms with E-state index in [1.165, 1.54) is 25.7 Å². The van der Waals surface area contributed by atoms with Crippen molar-refractivity contribution >= 4 is 11.7 Å². The van der Waals surface area contributed by atoms with Crippen LogP contribution in [-0.4, -0.2) is 22.3 Å². The van der Waals surface area contributed by atoms with Crippen molar-refractivity contribution in [3.05, 3.63) is 5.69 Å². The predicted octanol–water partition coefficient (Wildman–Crippen LogP) is 0.960. The quantitative estimate of drug-likeness (QED) is 0.797. The Morgan fingerprint density at radius 3 is 2.75 bits per heavy atom. The van der Waals surface area contributed by atoms with Gasteiger partial charge in [0.25, 0.3) is 5.91 Å². The van der Waals surface area contributed by atoms with E-state index in [0.717, 1.165) is 0 Å². The van der Waals surface area contributed by atoms with Gasteiger partial charge < -0.3 is 11.1 Å². The van der Waals surface area contributed by atoms with Crippen molar-refractivity contribution < 1.29 is 9.42 Å². The monoisotopic (exact) mass is 224 g/mol. The third kappa shape index (κ3) is 2.15. The number of carbonyl (C=O) groups excluding carboxylic acids is 1. The molecule has 0 radical (unpaired) electrons. The predicted molar refractivity (Wildman–Crippen MR) is 57.6 cm³/mol. The molecule has 88 valence electrons. The Labute approximate surface area is 93.5 Å². The van der Waals surface area contributed by atoms with E-state index in [1.54, 1.807) is 0 Å². The molecule has 1 aliphatic rings. The molecule has 1 amide bonds. The van der Waals surface area contributed by atoms with Crippen LogP contribution in [0.3, 0.4) is 0 Å². The van der Waals surface area contributed by atoms with Crippen LogP contribution in [0.25, 0.3) is 0 Å².